The van der Waals surface area contributed by atoms with Crippen LogP contribution in [0.15, 0.2) is 47.3 Å². The minimum absolute atomic E-state index is 0.207. The van der Waals surface area contributed by atoms with Gasteiger partial charge in [0.05, 0.1) is 12.6 Å². The van der Waals surface area contributed by atoms with Crippen molar-refractivity contribution in [1.82, 2.24) is 4.57 Å². The average Bonchev–Trinajstić information content (AvgIpc) is 3.10. The number of methoxy groups -OCH3 is 1. The second kappa shape index (κ2) is 5.91. The molecule has 0 saturated carbocycles. The molecule has 2 heterocycles. The van der Waals surface area contributed by atoms with Gasteiger partial charge in [0.25, 0.3) is 11.5 Å². The highest BCUT2D eigenvalue weighted by atomic mass is 16.5. The molecule has 3 aromatic rings. The van der Waals surface area contributed by atoms with E-state index in [9.17, 15) is 14.7 Å². The summed E-state index contributed by atoms with van der Waals surface area (Å²) >= 11 is 0. The molecule has 0 radical (unpaired) electrons. The smallest absolute Gasteiger partial charge is 0.267 e. The third kappa shape index (κ3) is 2.26. The quantitative estimate of drug-likeness (QED) is 0.771. The van der Waals surface area contributed by atoms with Crippen LogP contribution in [0, 0.1) is 0 Å². The second-order valence-electron chi connectivity index (χ2n) is 6.31. The van der Waals surface area contributed by atoms with Crippen molar-refractivity contribution in [3.8, 4) is 11.5 Å². The molecular formula is C20H18N2O4. The number of benzene rings is 2. The molecule has 2 aromatic carbocycles. The van der Waals surface area contributed by atoms with Crippen LogP contribution in [0.3, 0.4) is 0 Å². The number of aromatic nitrogens is 1. The summed E-state index contributed by atoms with van der Waals surface area (Å²) in [5, 5.41) is 11.1. The van der Waals surface area contributed by atoms with E-state index < -0.39 is 11.5 Å². The number of para-hydroxylation sites is 1. The van der Waals surface area contributed by atoms with E-state index in [4.69, 9.17) is 4.74 Å². The van der Waals surface area contributed by atoms with Gasteiger partial charge < -0.3 is 19.3 Å². The van der Waals surface area contributed by atoms with Crippen molar-refractivity contribution in [3.05, 3.63) is 63.9 Å². The van der Waals surface area contributed by atoms with Crippen LogP contribution in [-0.4, -0.2) is 29.2 Å². The SMILES string of the molecule is COc1ccc2c(O)c(C(=O)N3CCc4ccccc43)c(=O)n(C)c2c1. The number of fused-ring (bicyclic) bond motifs is 2. The molecule has 0 unspecified atom stereocenters. The number of ether oxygens (including phenoxy) is 1. The van der Waals surface area contributed by atoms with E-state index in [-0.39, 0.29) is 11.3 Å². The summed E-state index contributed by atoms with van der Waals surface area (Å²) in [6, 6.07) is 12.6. The first kappa shape index (κ1) is 16.2. The Labute approximate surface area is 149 Å². The van der Waals surface area contributed by atoms with Crippen LogP contribution in [0.5, 0.6) is 11.5 Å². The lowest BCUT2D eigenvalue weighted by atomic mass is 10.1. The summed E-state index contributed by atoms with van der Waals surface area (Å²) in [6.45, 7) is 0.488. The Morgan fingerprint density at radius 3 is 2.73 bits per heavy atom. The van der Waals surface area contributed by atoms with Gasteiger partial charge in [0, 0.05) is 30.7 Å². The number of carbonyl (C=O) groups excluding carboxylic acids is 1. The zero-order valence-electron chi connectivity index (χ0n) is 14.5. The van der Waals surface area contributed by atoms with Crippen LogP contribution in [0.2, 0.25) is 0 Å². The number of amides is 1. The molecule has 0 bridgehead atoms. The Bertz CT molecular complexity index is 1100. The third-order valence-corrected chi connectivity index (χ3v) is 4.92. The van der Waals surface area contributed by atoms with Crippen LogP contribution >= 0.6 is 0 Å². The molecule has 0 saturated heterocycles. The van der Waals surface area contributed by atoms with E-state index in [2.05, 4.69) is 0 Å². The van der Waals surface area contributed by atoms with Gasteiger partial charge >= 0.3 is 0 Å². The molecule has 1 N–H and O–H groups in total. The van der Waals surface area contributed by atoms with Crippen LogP contribution in [-0.2, 0) is 13.5 Å². The molecule has 1 aliphatic rings. The molecule has 1 aromatic heterocycles. The minimum Gasteiger partial charge on any atom is -0.506 e. The average molecular weight is 350 g/mol. The van der Waals surface area contributed by atoms with Crippen LogP contribution < -0.4 is 15.2 Å². The highest BCUT2D eigenvalue weighted by Crippen LogP contribution is 2.33. The van der Waals surface area contributed by atoms with E-state index in [1.54, 1.807) is 30.1 Å². The molecule has 6 heteroatoms. The first-order chi connectivity index (χ1) is 12.5. The van der Waals surface area contributed by atoms with Gasteiger partial charge in [0.15, 0.2) is 0 Å². The van der Waals surface area contributed by atoms with Crippen molar-refractivity contribution in [2.45, 2.75) is 6.42 Å². The first-order valence-corrected chi connectivity index (χ1v) is 8.32. The predicted octanol–water partition coefficient (Wildman–Crippen LogP) is 2.46. The largest absolute Gasteiger partial charge is 0.506 e. The van der Waals surface area contributed by atoms with Crippen molar-refractivity contribution in [2.24, 2.45) is 7.05 Å². The van der Waals surface area contributed by atoms with Crippen molar-refractivity contribution >= 4 is 22.5 Å². The maximum atomic E-state index is 13.1. The molecule has 0 atom stereocenters. The van der Waals surface area contributed by atoms with Crippen molar-refractivity contribution in [2.75, 3.05) is 18.6 Å². The highest BCUT2D eigenvalue weighted by molar-refractivity contribution is 6.11. The molecule has 132 valence electrons. The Morgan fingerprint density at radius 2 is 1.96 bits per heavy atom. The number of nitrogens with zero attached hydrogens (tertiary/aromatic N) is 2. The minimum atomic E-state index is -0.530. The van der Waals surface area contributed by atoms with E-state index in [1.807, 2.05) is 24.3 Å². The van der Waals surface area contributed by atoms with Gasteiger partial charge in [-0.05, 0) is 30.2 Å². The van der Waals surface area contributed by atoms with E-state index in [1.165, 1.54) is 11.7 Å². The lowest BCUT2D eigenvalue weighted by Gasteiger charge is -2.19. The predicted molar refractivity (Wildman–Crippen MR) is 99.2 cm³/mol. The number of hydrogen-bond acceptors (Lipinski definition) is 4. The lowest BCUT2D eigenvalue weighted by molar-refractivity contribution is 0.0985. The molecule has 1 aliphatic heterocycles. The number of aryl methyl sites for hydroxylation is 1. The van der Waals surface area contributed by atoms with Gasteiger partial charge in [-0.3, -0.25) is 9.59 Å². The van der Waals surface area contributed by atoms with Crippen molar-refractivity contribution < 1.29 is 14.6 Å². The standard InChI is InChI=1S/C20H18N2O4/c1-21-16-11-13(26-2)7-8-14(16)18(23)17(19(21)24)20(25)22-10-9-12-5-3-4-6-15(12)22/h3-8,11,23H,9-10H2,1-2H3. The van der Waals surface area contributed by atoms with Crippen LogP contribution in [0.4, 0.5) is 5.69 Å². The molecule has 6 nitrogen and oxygen atoms in total. The molecule has 0 aliphatic carbocycles. The van der Waals surface area contributed by atoms with Gasteiger partial charge in [0.1, 0.15) is 17.1 Å². The van der Waals surface area contributed by atoms with Gasteiger partial charge in [-0.2, -0.15) is 0 Å². The summed E-state index contributed by atoms with van der Waals surface area (Å²) in [5.74, 6) is -0.203. The summed E-state index contributed by atoms with van der Waals surface area (Å²) in [4.78, 5) is 27.5. The number of aromatic hydroxyl groups is 1. The normalized spacial score (nSPS) is 13.1. The van der Waals surface area contributed by atoms with Gasteiger partial charge in [0.2, 0.25) is 0 Å². The first-order valence-electron chi connectivity index (χ1n) is 8.32. The molecule has 1 amide bonds. The van der Waals surface area contributed by atoms with Crippen LogP contribution in [0.1, 0.15) is 15.9 Å². The number of hydrogen-bond donors (Lipinski definition) is 1. The lowest BCUT2D eigenvalue weighted by Crippen LogP contribution is -2.35. The fourth-order valence-corrected chi connectivity index (χ4v) is 3.51. The Balaban J connectivity index is 1.90. The zero-order chi connectivity index (χ0) is 18.4. The van der Waals surface area contributed by atoms with Gasteiger partial charge in [-0.1, -0.05) is 18.2 Å². The number of rotatable bonds is 2. The summed E-state index contributed by atoms with van der Waals surface area (Å²) in [5.41, 5.74) is 1.61. The summed E-state index contributed by atoms with van der Waals surface area (Å²) in [7, 11) is 3.11. The Hall–Kier alpha value is -3.28. The topological polar surface area (TPSA) is 71.8 Å². The number of anilines is 1. The van der Waals surface area contributed by atoms with Gasteiger partial charge in [-0.15, -0.1) is 0 Å². The van der Waals surface area contributed by atoms with E-state index in [0.29, 0.717) is 23.2 Å². The maximum Gasteiger partial charge on any atom is 0.267 e. The van der Waals surface area contributed by atoms with Gasteiger partial charge in [-0.25, -0.2) is 0 Å². The fourth-order valence-electron chi connectivity index (χ4n) is 3.51. The zero-order valence-corrected chi connectivity index (χ0v) is 14.5. The van der Waals surface area contributed by atoms with Crippen molar-refractivity contribution in [1.29, 1.82) is 0 Å². The fraction of sp³-hybridized carbons (Fsp3) is 0.200. The molecule has 26 heavy (non-hydrogen) atoms. The number of pyridine rings is 1. The third-order valence-electron chi connectivity index (χ3n) is 4.92. The molecule has 4 rings (SSSR count). The van der Waals surface area contributed by atoms with Crippen molar-refractivity contribution in [3.63, 3.8) is 0 Å². The summed E-state index contributed by atoms with van der Waals surface area (Å²) < 4.78 is 6.55. The Kier molecular flexibility index (Phi) is 3.68. The van der Waals surface area contributed by atoms with E-state index >= 15 is 0 Å². The maximum absolute atomic E-state index is 13.1. The highest BCUT2D eigenvalue weighted by Gasteiger charge is 2.30. The van der Waals surface area contributed by atoms with Crippen LogP contribution in [0.25, 0.3) is 10.9 Å². The molecular weight excluding hydrogens is 332 g/mol. The summed E-state index contributed by atoms with van der Waals surface area (Å²) in [6.07, 6.45) is 0.730. The monoisotopic (exact) mass is 350 g/mol. The number of carbonyl (C=O) groups is 1. The molecule has 0 spiro atoms. The van der Waals surface area contributed by atoms with E-state index in [0.717, 1.165) is 17.7 Å². The molecule has 0 fully saturated rings. The Morgan fingerprint density at radius 1 is 1.19 bits per heavy atom. The second-order valence-corrected chi connectivity index (χ2v) is 6.31.